The number of carbonyl (C=O) groups excluding carboxylic acids is 1. The van der Waals surface area contributed by atoms with Crippen molar-refractivity contribution in [2.75, 3.05) is 14.2 Å². The first-order chi connectivity index (χ1) is 7.51. The van der Waals surface area contributed by atoms with Crippen LogP contribution in [0.15, 0.2) is 0 Å². The minimum absolute atomic E-state index is 0.112. The van der Waals surface area contributed by atoms with Crippen LogP contribution in [0, 0.1) is 6.92 Å². The van der Waals surface area contributed by atoms with Crippen LogP contribution < -0.4 is 4.74 Å². The number of nitrogens with zero attached hydrogens (tertiary/aromatic N) is 2. The van der Waals surface area contributed by atoms with Gasteiger partial charge in [0.15, 0.2) is 0 Å². The second-order valence-electron chi connectivity index (χ2n) is 3.43. The van der Waals surface area contributed by atoms with Gasteiger partial charge in [0.2, 0.25) is 5.88 Å². The molecule has 0 bridgehead atoms. The average molecular weight is 228 g/mol. The first-order valence-corrected chi connectivity index (χ1v) is 4.83. The van der Waals surface area contributed by atoms with Crippen LogP contribution >= 0.6 is 0 Å². The van der Waals surface area contributed by atoms with E-state index in [1.165, 1.54) is 18.9 Å². The van der Waals surface area contributed by atoms with Gasteiger partial charge in [0.25, 0.3) is 0 Å². The van der Waals surface area contributed by atoms with Gasteiger partial charge in [0, 0.05) is 7.05 Å². The highest BCUT2D eigenvalue weighted by Gasteiger charge is 2.23. The Kier molecular flexibility index (Phi) is 3.89. The summed E-state index contributed by atoms with van der Waals surface area (Å²) in [6, 6.07) is 0. The Balaban J connectivity index is 2.98. The SMILES string of the molecule is COC(=O)CC(O)c1c(C)nn(C)c1OC. The molecule has 1 heterocycles. The third-order valence-electron chi connectivity index (χ3n) is 2.33. The van der Waals surface area contributed by atoms with Crippen molar-refractivity contribution in [3.63, 3.8) is 0 Å². The lowest BCUT2D eigenvalue weighted by atomic mass is 10.1. The van der Waals surface area contributed by atoms with E-state index in [0.29, 0.717) is 17.1 Å². The fourth-order valence-corrected chi connectivity index (χ4v) is 1.62. The molecule has 0 aromatic carbocycles. The predicted octanol–water partition coefficient (Wildman–Crippen LogP) is 0.334. The van der Waals surface area contributed by atoms with E-state index < -0.39 is 12.1 Å². The van der Waals surface area contributed by atoms with Crippen LogP contribution in [0.5, 0.6) is 5.88 Å². The van der Waals surface area contributed by atoms with E-state index >= 15 is 0 Å². The molecule has 1 aromatic heterocycles. The maximum Gasteiger partial charge on any atom is 0.308 e. The van der Waals surface area contributed by atoms with Crippen molar-refractivity contribution in [2.45, 2.75) is 19.4 Å². The zero-order chi connectivity index (χ0) is 12.3. The first kappa shape index (κ1) is 12.5. The molecule has 1 unspecified atom stereocenters. The molecular formula is C10H16N2O4. The van der Waals surface area contributed by atoms with Gasteiger partial charge in [0.1, 0.15) is 0 Å². The minimum atomic E-state index is -0.962. The molecule has 0 amide bonds. The molecule has 0 spiro atoms. The predicted molar refractivity (Wildman–Crippen MR) is 56.1 cm³/mol. The molecule has 16 heavy (non-hydrogen) atoms. The molecule has 0 radical (unpaired) electrons. The molecule has 0 aliphatic carbocycles. The van der Waals surface area contributed by atoms with Crippen molar-refractivity contribution in [1.82, 2.24) is 9.78 Å². The molecule has 6 heteroatoms. The number of carbonyl (C=O) groups is 1. The van der Waals surface area contributed by atoms with Crippen molar-refractivity contribution >= 4 is 5.97 Å². The Morgan fingerprint density at radius 1 is 1.56 bits per heavy atom. The van der Waals surface area contributed by atoms with Crippen LogP contribution in [-0.2, 0) is 16.6 Å². The van der Waals surface area contributed by atoms with Gasteiger partial charge in [0.05, 0.1) is 38.0 Å². The van der Waals surface area contributed by atoms with Gasteiger partial charge in [-0.2, -0.15) is 5.10 Å². The number of aliphatic hydroxyl groups is 1. The summed E-state index contributed by atoms with van der Waals surface area (Å²) in [6.45, 7) is 1.75. The Labute approximate surface area is 93.8 Å². The maximum absolute atomic E-state index is 11.1. The van der Waals surface area contributed by atoms with Gasteiger partial charge < -0.3 is 14.6 Å². The molecule has 90 valence electrons. The van der Waals surface area contributed by atoms with E-state index in [0.717, 1.165) is 0 Å². The Morgan fingerprint density at radius 2 is 2.19 bits per heavy atom. The van der Waals surface area contributed by atoms with Gasteiger partial charge in [-0.05, 0) is 6.92 Å². The second-order valence-corrected chi connectivity index (χ2v) is 3.43. The van der Waals surface area contributed by atoms with Crippen LogP contribution in [0.2, 0.25) is 0 Å². The normalized spacial score (nSPS) is 12.3. The molecule has 1 rings (SSSR count). The second kappa shape index (κ2) is 4.98. The molecule has 0 aliphatic heterocycles. The lowest BCUT2D eigenvalue weighted by Gasteiger charge is -2.10. The highest BCUT2D eigenvalue weighted by molar-refractivity contribution is 5.70. The van der Waals surface area contributed by atoms with Crippen molar-refractivity contribution < 1.29 is 19.4 Å². The zero-order valence-electron chi connectivity index (χ0n) is 9.85. The summed E-state index contributed by atoms with van der Waals surface area (Å²) in [7, 11) is 4.48. The number of rotatable bonds is 4. The number of hydrogen-bond acceptors (Lipinski definition) is 5. The van der Waals surface area contributed by atoms with Gasteiger partial charge in [-0.3, -0.25) is 4.79 Å². The lowest BCUT2D eigenvalue weighted by Crippen LogP contribution is -2.09. The number of esters is 1. The Bertz CT molecular complexity index is 386. The number of ether oxygens (including phenoxy) is 2. The molecule has 0 saturated carbocycles. The van der Waals surface area contributed by atoms with Crippen molar-refractivity contribution in [3.05, 3.63) is 11.3 Å². The molecule has 6 nitrogen and oxygen atoms in total. The van der Waals surface area contributed by atoms with E-state index in [1.807, 2.05) is 0 Å². The standard InChI is InChI=1S/C10H16N2O4/c1-6-9(7(13)5-8(14)15-3)10(16-4)12(2)11-6/h7,13H,5H2,1-4H3. The van der Waals surface area contributed by atoms with Crippen LogP contribution in [0.4, 0.5) is 0 Å². The fourth-order valence-electron chi connectivity index (χ4n) is 1.62. The largest absolute Gasteiger partial charge is 0.481 e. The summed E-state index contributed by atoms with van der Waals surface area (Å²) < 4.78 is 11.1. The van der Waals surface area contributed by atoms with Gasteiger partial charge in [-0.25, -0.2) is 4.68 Å². The summed E-state index contributed by atoms with van der Waals surface area (Å²) in [6.07, 6.45) is -1.07. The highest BCUT2D eigenvalue weighted by atomic mass is 16.5. The van der Waals surface area contributed by atoms with Gasteiger partial charge >= 0.3 is 5.97 Å². The summed E-state index contributed by atoms with van der Waals surface area (Å²) >= 11 is 0. The summed E-state index contributed by atoms with van der Waals surface area (Å²) in [5.74, 6) is -0.0216. The van der Waals surface area contributed by atoms with Crippen LogP contribution in [0.25, 0.3) is 0 Å². The lowest BCUT2D eigenvalue weighted by molar-refractivity contribution is -0.142. The van der Waals surface area contributed by atoms with Crippen LogP contribution in [0.3, 0.4) is 0 Å². The molecule has 1 atom stereocenters. The monoisotopic (exact) mass is 228 g/mol. The average Bonchev–Trinajstić information content (AvgIpc) is 2.52. The van der Waals surface area contributed by atoms with Crippen LogP contribution in [-0.4, -0.2) is 35.1 Å². The van der Waals surface area contributed by atoms with Crippen LogP contribution in [0.1, 0.15) is 23.8 Å². The highest BCUT2D eigenvalue weighted by Crippen LogP contribution is 2.29. The van der Waals surface area contributed by atoms with Gasteiger partial charge in [-0.1, -0.05) is 0 Å². The smallest absolute Gasteiger partial charge is 0.308 e. The zero-order valence-corrected chi connectivity index (χ0v) is 9.85. The molecule has 1 aromatic rings. The number of aliphatic hydroxyl groups excluding tert-OH is 1. The van der Waals surface area contributed by atoms with E-state index in [-0.39, 0.29) is 6.42 Å². The van der Waals surface area contributed by atoms with Crippen molar-refractivity contribution in [3.8, 4) is 5.88 Å². The molecular weight excluding hydrogens is 212 g/mol. The quantitative estimate of drug-likeness (QED) is 0.752. The van der Waals surface area contributed by atoms with E-state index in [2.05, 4.69) is 9.84 Å². The number of methoxy groups -OCH3 is 2. The Morgan fingerprint density at radius 3 is 2.69 bits per heavy atom. The number of aryl methyl sites for hydroxylation is 2. The molecule has 1 N–H and O–H groups in total. The maximum atomic E-state index is 11.1. The third kappa shape index (κ3) is 2.33. The Hall–Kier alpha value is -1.56. The van der Waals surface area contributed by atoms with E-state index in [4.69, 9.17) is 4.74 Å². The van der Waals surface area contributed by atoms with Crippen molar-refractivity contribution in [1.29, 1.82) is 0 Å². The topological polar surface area (TPSA) is 73.6 Å². The van der Waals surface area contributed by atoms with E-state index in [1.54, 1.807) is 14.0 Å². The van der Waals surface area contributed by atoms with Gasteiger partial charge in [-0.15, -0.1) is 0 Å². The fraction of sp³-hybridized carbons (Fsp3) is 0.600. The number of aromatic nitrogens is 2. The molecule has 0 aliphatic rings. The molecule has 0 fully saturated rings. The summed E-state index contributed by atoms with van der Waals surface area (Å²) in [4.78, 5) is 11.1. The number of hydrogen-bond donors (Lipinski definition) is 1. The minimum Gasteiger partial charge on any atom is -0.481 e. The van der Waals surface area contributed by atoms with Crippen molar-refractivity contribution in [2.24, 2.45) is 7.05 Å². The first-order valence-electron chi connectivity index (χ1n) is 4.83. The summed E-state index contributed by atoms with van der Waals surface area (Å²) in [5.41, 5.74) is 1.16. The molecule has 0 saturated heterocycles. The third-order valence-corrected chi connectivity index (χ3v) is 2.33. The summed E-state index contributed by atoms with van der Waals surface area (Å²) in [5, 5.41) is 14.0. The van der Waals surface area contributed by atoms with E-state index in [9.17, 15) is 9.90 Å².